The molecule has 4 rings (SSSR count). The molecule has 0 aliphatic heterocycles. The summed E-state index contributed by atoms with van der Waals surface area (Å²) in [5.41, 5.74) is 4.53. The van der Waals surface area contributed by atoms with Crippen LogP contribution in [0.3, 0.4) is 0 Å². The van der Waals surface area contributed by atoms with Crippen LogP contribution in [0.1, 0.15) is 15.9 Å². The number of benzene rings is 2. The zero-order valence-corrected chi connectivity index (χ0v) is 13.5. The Morgan fingerprint density at radius 3 is 2.92 bits per heavy atom. The highest BCUT2D eigenvalue weighted by Crippen LogP contribution is 2.22. The third-order valence-corrected chi connectivity index (χ3v) is 4.61. The minimum Gasteiger partial charge on any atom is -0.423 e. The van der Waals surface area contributed by atoms with Crippen molar-refractivity contribution in [2.75, 3.05) is 5.32 Å². The molecule has 2 aromatic heterocycles. The van der Waals surface area contributed by atoms with Crippen molar-refractivity contribution in [3.63, 3.8) is 0 Å². The molecule has 24 heavy (non-hydrogen) atoms. The average Bonchev–Trinajstić information content (AvgIpc) is 3.01. The van der Waals surface area contributed by atoms with Crippen LogP contribution < -0.4 is 10.9 Å². The summed E-state index contributed by atoms with van der Waals surface area (Å²) in [6.07, 6.45) is 0. The van der Waals surface area contributed by atoms with Crippen LogP contribution in [0.2, 0.25) is 0 Å². The molecule has 1 N–H and O–H groups in total. The Labute approximate surface area is 140 Å². The average molecular weight is 336 g/mol. The molecular weight excluding hydrogens is 324 g/mol. The molecule has 0 fully saturated rings. The molecule has 0 aliphatic rings. The first-order chi connectivity index (χ1) is 11.6. The Morgan fingerprint density at radius 2 is 2.04 bits per heavy atom. The lowest BCUT2D eigenvalue weighted by molar-refractivity contribution is 0.102. The molecule has 0 radical (unpaired) electrons. The van der Waals surface area contributed by atoms with Crippen molar-refractivity contribution < 1.29 is 9.21 Å². The minimum atomic E-state index is -0.405. The van der Waals surface area contributed by atoms with Gasteiger partial charge in [-0.25, -0.2) is 9.78 Å². The lowest BCUT2D eigenvalue weighted by Gasteiger charge is -2.07. The molecule has 0 saturated heterocycles. The molecule has 4 aromatic rings. The Hall–Kier alpha value is -2.99. The summed E-state index contributed by atoms with van der Waals surface area (Å²) in [6, 6.07) is 12.1. The molecule has 0 saturated carbocycles. The zero-order chi connectivity index (χ0) is 16.7. The fourth-order valence-corrected chi connectivity index (χ4v) is 3.26. The van der Waals surface area contributed by atoms with Crippen molar-refractivity contribution in [1.82, 2.24) is 4.98 Å². The van der Waals surface area contributed by atoms with Gasteiger partial charge in [0.1, 0.15) is 5.58 Å². The number of fused-ring (bicyclic) bond motifs is 2. The predicted octanol–water partition coefficient (Wildman–Crippen LogP) is 3.96. The molecule has 5 nitrogen and oxygen atoms in total. The maximum atomic E-state index is 12.4. The summed E-state index contributed by atoms with van der Waals surface area (Å²) in [7, 11) is 0. The number of anilines is 1. The van der Waals surface area contributed by atoms with E-state index < -0.39 is 5.63 Å². The van der Waals surface area contributed by atoms with Gasteiger partial charge in [0.2, 0.25) is 0 Å². The second-order valence-electron chi connectivity index (χ2n) is 5.45. The maximum absolute atomic E-state index is 12.4. The summed E-state index contributed by atoms with van der Waals surface area (Å²) in [4.78, 5) is 28.1. The predicted molar refractivity (Wildman–Crippen MR) is 94.8 cm³/mol. The summed E-state index contributed by atoms with van der Waals surface area (Å²) in [5.74, 6) is -0.237. The highest BCUT2D eigenvalue weighted by atomic mass is 32.1. The molecule has 1 amide bonds. The van der Waals surface area contributed by atoms with Crippen molar-refractivity contribution in [2.45, 2.75) is 6.92 Å². The number of aromatic nitrogens is 1. The van der Waals surface area contributed by atoms with Gasteiger partial charge < -0.3 is 9.73 Å². The summed E-state index contributed by atoms with van der Waals surface area (Å²) in [6.45, 7) is 1.85. The Balaban J connectivity index is 1.67. The Kier molecular flexibility index (Phi) is 3.39. The number of carbonyl (C=O) groups excluding carboxylic acids is 1. The molecular formula is C18H12N2O3S. The van der Waals surface area contributed by atoms with Gasteiger partial charge in [0, 0.05) is 28.8 Å². The van der Waals surface area contributed by atoms with Gasteiger partial charge >= 0.3 is 5.63 Å². The summed E-state index contributed by atoms with van der Waals surface area (Å²) < 4.78 is 6.24. The summed E-state index contributed by atoms with van der Waals surface area (Å²) >= 11 is 1.53. The van der Waals surface area contributed by atoms with Crippen LogP contribution in [-0.2, 0) is 0 Å². The van der Waals surface area contributed by atoms with E-state index in [-0.39, 0.29) is 5.91 Å². The highest BCUT2D eigenvalue weighted by molar-refractivity contribution is 7.16. The molecule has 6 heteroatoms. The van der Waals surface area contributed by atoms with E-state index in [0.29, 0.717) is 16.8 Å². The third kappa shape index (κ3) is 2.57. The van der Waals surface area contributed by atoms with Crippen molar-refractivity contribution in [3.8, 4) is 0 Å². The first-order valence-corrected chi connectivity index (χ1v) is 8.17. The van der Waals surface area contributed by atoms with E-state index in [1.807, 2.05) is 19.1 Å². The van der Waals surface area contributed by atoms with E-state index in [2.05, 4.69) is 10.3 Å². The van der Waals surface area contributed by atoms with E-state index in [1.165, 1.54) is 17.4 Å². The van der Waals surface area contributed by atoms with E-state index in [9.17, 15) is 9.59 Å². The lowest BCUT2D eigenvalue weighted by Crippen LogP contribution is -2.11. The standard InChI is InChI=1S/C18H12N2O3S/c1-10-6-17(21)23-15-8-12(3-4-13(10)15)20-18(22)11-2-5-16-14(7-11)19-9-24-16/h2-9H,1H3,(H,20,22). The van der Waals surface area contributed by atoms with Gasteiger partial charge in [-0.3, -0.25) is 4.79 Å². The number of nitrogens with zero attached hydrogens (tertiary/aromatic N) is 1. The second kappa shape index (κ2) is 5.58. The number of hydrogen-bond acceptors (Lipinski definition) is 5. The topological polar surface area (TPSA) is 72.2 Å². The highest BCUT2D eigenvalue weighted by Gasteiger charge is 2.10. The maximum Gasteiger partial charge on any atom is 0.336 e. The minimum absolute atomic E-state index is 0.237. The number of carbonyl (C=O) groups is 1. The SMILES string of the molecule is Cc1cc(=O)oc2cc(NC(=O)c3ccc4scnc4c3)ccc12. The van der Waals surface area contributed by atoms with Gasteiger partial charge in [-0.05, 0) is 42.8 Å². The third-order valence-electron chi connectivity index (χ3n) is 3.80. The van der Waals surface area contributed by atoms with Gasteiger partial charge in [-0.2, -0.15) is 0 Å². The van der Waals surface area contributed by atoms with E-state index in [0.717, 1.165) is 21.2 Å². The Bertz CT molecular complexity index is 1140. The van der Waals surface area contributed by atoms with Crippen LogP contribution in [0.15, 0.2) is 57.2 Å². The molecule has 0 spiro atoms. The van der Waals surface area contributed by atoms with E-state index >= 15 is 0 Å². The molecule has 118 valence electrons. The quantitative estimate of drug-likeness (QED) is 0.562. The number of thiazole rings is 1. The molecule has 0 bridgehead atoms. The summed E-state index contributed by atoms with van der Waals surface area (Å²) in [5, 5.41) is 3.66. The van der Waals surface area contributed by atoms with Gasteiger partial charge in [0.15, 0.2) is 0 Å². The lowest BCUT2D eigenvalue weighted by atomic mass is 10.1. The zero-order valence-electron chi connectivity index (χ0n) is 12.7. The number of nitrogens with one attached hydrogen (secondary N) is 1. The molecule has 2 heterocycles. The number of hydrogen-bond donors (Lipinski definition) is 1. The smallest absolute Gasteiger partial charge is 0.336 e. The van der Waals surface area contributed by atoms with Gasteiger partial charge in [0.25, 0.3) is 5.91 Å². The molecule has 0 aliphatic carbocycles. The Morgan fingerprint density at radius 1 is 1.17 bits per heavy atom. The van der Waals surface area contributed by atoms with Crippen LogP contribution in [0.5, 0.6) is 0 Å². The van der Waals surface area contributed by atoms with E-state index in [1.54, 1.807) is 29.8 Å². The van der Waals surface area contributed by atoms with Gasteiger partial charge in [-0.1, -0.05) is 0 Å². The van der Waals surface area contributed by atoms with Crippen molar-refractivity contribution in [2.24, 2.45) is 0 Å². The number of amides is 1. The first-order valence-electron chi connectivity index (χ1n) is 7.29. The van der Waals surface area contributed by atoms with Crippen molar-refractivity contribution >= 4 is 44.1 Å². The normalized spacial score (nSPS) is 11.0. The van der Waals surface area contributed by atoms with Crippen LogP contribution >= 0.6 is 11.3 Å². The first kappa shape index (κ1) is 14.6. The van der Waals surface area contributed by atoms with Crippen LogP contribution in [-0.4, -0.2) is 10.9 Å². The number of rotatable bonds is 2. The number of aryl methyl sites for hydroxylation is 1. The van der Waals surface area contributed by atoms with Crippen LogP contribution in [0, 0.1) is 6.92 Å². The van der Waals surface area contributed by atoms with E-state index in [4.69, 9.17) is 4.42 Å². The monoisotopic (exact) mass is 336 g/mol. The largest absolute Gasteiger partial charge is 0.423 e. The second-order valence-corrected chi connectivity index (χ2v) is 6.33. The molecule has 2 aromatic carbocycles. The fourth-order valence-electron chi connectivity index (χ4n) is 2.61. The van der Waals surface area contributed by atoms with Crippen molar-refractivity contribution in [3.05, 3.63) is 69.5 Å². The van der Waals surface area contributed by atoms with Crippen LogP contribution in [0.25, 0.3) is 21.2 Å². The molecule has 0 atom stereocenters. The fraction of sp³-hybridized carbons (Fsp3) is 0.0556. The van der Waals surface area contributed by atoms with Crippen molar-refractivity contribution in [1.29, 1.82) is 0 Å². The van der Waals surface area contributed by atoms with Crippen LogP contribution in [0.4, 0.5) is 5.69 Å². The van der Waals surface area contributed by atoms with Gasteiger partial charge in [-0.15, -0.1) is 11.3 Å². The van der Waals surface area contributed by atoms with Gasteiger partial charge in [0.05, 0.1) is 15.7 Å². The molecule has 0 unspecified atom stereocenters.